The molecule has 1 atom stereocenters. The number of rotatable bonds is 5. The molecule has 0 heterocycles. The number of carbonyl (C=O) groups is 1. The van der Waals surface area contributed by atoms with Crippen molar-refractivity contribution in [2.24, 2.45) is 0 Å². The Balaban J connectivity index is 2.00. The van der Waals surface area contributed by atoms with E-state index in [1.165, 1.54) is 23.8 Å². The fourth-order valence-corrected chi connectivity index (χ4v) is 2.19. The van der Waals surface area contributed by atoms with Crippen LogP contribution in [0.5, 0.6) is 0 Å². The summed E-state index contributed by atoms with van der Waals surface area (Å²) in [4.78, 5) is 12.0. The molecule has 0 unspecified atom stereocenters. The molecule has 22 heavy (non-hydrogen) atoms. The number of halogens is 1. The van der Waals surface area contributed by atoms with Gasteiger partial charge in [-0.05, 0) is 42.7 Å². The van der Waals surface area contributed by atoms with Crippen LogP contribution in [0.1, 0.15) is 36.1 Å². The van der Waals surface area contributed by atoms with Gasteiger partial charge < -0.3 is 5.32 Å². The topological polar surface area (TPSA) is 29.1 Å². The van der Waals surface area contributed by atoms with Gasteiger partial charge in [-0.25, -0.2) is 4.39 Å². The van der Waals surface area contributed by atoms with Gasteiger partial charge in [0.1, 0.15) is 5.82 Å². The van der Waals surface area contributed by atoms with Crippen LogP contribution in [-0.2, 0) is 4.79 Å². The molecule has 1 N–H and O–H groups in total. The minimum absolute atomic E-state index is 0.00836. The van der Waals surface area contributed by atoms with Crippen LogP contribution < -0.4 is 5.32 Å². The monoisotopic (exact) mass is 297 g/mol. The van der Waals surface area contributed by atoms with E-state index in [0.29, 0.717) is 0 Å². The third-order valence-corrected chi connectivity index (χ3v) is 3.50. The van der Waals surface area contributed by atoms with E-state index in [0.717, 1.165) is 17.5 Å². The van der Waals surface area contributed by atoms with Gasteiger partial charge in [-0.15, -0.1) is 0 Å². The highest BCUT2D eigenvalue weighted by Gasteiger charge is 2.10. The Hall–Kier alpha value is -2.42. The summed E-state index contributed by atoms with van der Waals surface area (Å²) in [5, 5.41) is 2.98. The largest absolute Gasteiger partial charge is 0.346 e. The van der Waals surface area contributed by atoms with E-state index in [-0.39, 0.29) is 17.8 Å². The van der Waals surface area contributed by atoms with E-state index in [2.05, 4.69) is 5.32 Å². The maximum atomic E-state index is 12.8. The van der Waals surface area contributed by atoms with Crippen LogP contribution in [0.2, 0.25) is 0 Å². The molecule has 0 radical (unpaired) electrons. The molecule has 0 aromatic heterocycles. The molecule has 0 saturated heterocycles. The minimum Gasteiger partial charge on any atom is -0.346 e. The van der Waals surface area contributed by atoms with E-state index in [9.17, 15) is 9.18 Å². The smallest absolute Gasteiger partial charge is 0.244 e. The molecule has 2 aromatic carbocycles. The molecular weight excluding hydrogens is 277 g/mol. The summed E-state index contributed by atoms with van der Waals surface area (Å²) in [6.45, 7) is 4.07. The lowest BCUT2D eigenvalue weighted by Crippen LogP contribution is -2.26. The van der Waals surface area contributed by atoms with Gasteiger partial charge in [0.15, 0.2) is 0 Å². The Morgan fingerprint density at radius 2 is 1.77 bits per heavy atom. The van der Waals surface area contributed by atoms with Gasteiger partial charge >= 0.3 is 0 Å². The minimum atomic E-state index is -0.285. The van der Waals surface area contributed by atoms with Crippen molar-refractivity contribution in [2.75, 3.05) is 0 Å². The predicted molar refractivity (Wildman–Crippen MR) is 87.8 cm³/mol. The van der Waals surface area contributed by atoms with E-state index >= 15 is 0 Å². The second-order valence-electron chi connectivity index (χ2n) is 5.26. The van der Waals surface area contributed by atoms with Crippen molar-refractivity contribution in [1.82, 2.24) is 5.32 Å². The molecule has 0 aliphatic heterocycles. The molecule has 0 saturated carbocycles. The van der Waals surface area contributed by atoms with E-state index in [4.69, 9.17) is 0 Å². The first kappa shape index (κ1) is 16.0. The number of aryl methyl sites for hydroxylation is 1. The molecule has 0 fully saturated rings. The lowest BCUT2D eigenvalue weighted by molar-refractivity contribution is -0.117. The highest BCUT2D eigenvalue weighted by Crippen LogP contribution is 2.17. The van der Waals surface area contributed by atoms with Crippen molar-refractivity contribution < 1.29 is 9.18 Å². The Morgan fingerprint density at radius 1 is 1.14 bits per heavy atom. The molecule has 2 rings (SSSR count). The van der Waals surface area contributed by atoms with Gasteiger partial charge in [0.05, 0.1) is 6.04 Å². The highest BCUT2D eigenvalue weighted by atomic mass is 19.1. The Morgan fingerprint density at radius 3 is 2.36 bits per heavy atom. The maximum Gasteiger partial charge on any atom is 0.244 e. The summed E-state index contributed by atoms with van der Waals surface area (Å²) in [6, 6.07) is 14.2. The number of hydrogen-bond acceptors (Lipinski definition) is 1. The standard InChI is InChI=1S/C19H20FNO/c1-3-18(16-9-4-14(2)5-10-16)21-19(22)13-8-15-6-11-17(20)12-7-15/h4-13,18H,3H2,1-2H3,(H,21,22)/b13-8+/t18-/m1/s1. The van der Waals surface area contributed by atoms with Crippen molar-refractivity contribution in [3.8, 4) is 0 Å². The second kappa shape index (κ2) is 7.55. The molecule has 3 heteroatoms. The molecule has 0 spiro atoms. The van der Waals surface area contributed by atoms with Crippen LogP contribution in [0.4, 0.5) is 4.39 Å². The number of hydrogen-bond donors (Lipinski definition) is 1. The molecule has 0 bridgehead atoms. The number of benzene rings is 2. The fraction of sp³-hybridized carbons (Fsp3) is 0.211. The average Bonchev–Trinajstić information content (AvgIpc) is 2.53. The van der Waals surface area contributed by atoms with Crippen molar-refractivity contribution in [3.05, 3.63) is 77.1 Å². The van der Waals surface area contributed by atoms with E-state index < -0.39 is 0 Å². The van der Waals surface area contributed by atoms with Crippen molar-refractivity contribution >= 4 is 12.0 Å². The average molecular weight is 297 g/mol. The molecule has 1 amide bonds. The summed E-state index contributed by atoms with van der Waals surface area (Å²) in [6.07, 6.45) is 3.97. The number of amides is 1. The predicted octanol–water partition coefficient (Wildman–Crippen LogP) is 4.41. The molecule has 2 aromatic rings. The van der Waals surface area contributed by atoms with Crippen LogP contribution >= 0.6 is 0 Å². The van der Waals surface area contributed by atoms with Gasteiger partial charge in [0, 0.05) is 6.08 Å². The van der Waals surface area contributed by atoms with Crippen LogP contribution in [0.25, 0.3) is 6.08 Å². The summed E-state index contributed by atoms with van der Waals surface area (Å²) in [5.74, 6) is -0.441. The lowest BCUT2D eigenvalue weighted by atomic mass is 10.0. The normalized spacial score (nSPS) is 12.3. The van der Waals surface area contributed by atoms with E-state index in [1.807, 2.05) is 38.1 Å². The second-order valence-corrected chi connectivity index (χ2v) is 5.26. The first-order chi connectivity index (χ1) is 10.6. The third-order valence-electron chi connectivity index (χ3n) is 3.50. The van der Waals surface area contributed by atoms with Gasteiger partial charge in [0.25, 0.3) is 0 Å². The van der Waals surface area contributed by atoms with Crippen molar-refractivity contribution in [1.29, 1.82) is 0 Å². The van der Waals surface area contributed by atoms with Gasteiger partial charge in [0.2, 0.25) is 5.91 Å². The van der Waals surface area contributed by atoms with Crippen molar-refractivity contribution in [3.63, 3.8) is 0 Å². The van der Waals surface area contributed by atoms with E-state index in [1.54, 1.807) is 18.2 Å². The van der Waals surface area contributed by atoms with Gasteiger partial charge in [-0.1, -0.05) is 48.9 Å². The first-order valence-corrected chi connectivity index (χ1v) is 7.39. The Kier molecular flexibility index (Phi) is 5.48. The molecule has 2 nitrogen and oxygen atoms in total. The summed E-state index contributed by atoms with van der Waals surface area (Å²) < 4.78 is 12.8. The zero-order valence-electron chi connectivity index (χ0n) is 12.8. The summed E-state index contributed by atoms with van der Waals surface area (Å²) >= 11 is 0. The Bertz CT molecular complexity index is 644. The Labute approximate surface area is 130 Å². The highest BCUT2D eigenvalue weighted by molar-refractivity contribution is 5.91. The van der Waals surface area contributed by atoms with Crippen molar-refractivity contribution in [2.45, 2.75) is 26.3 Å². The zero-order chi connectivity index (χ0) is 15.9. The number of carbonyl (C=O) groups excluding carboxylic acids is 1. The lowest BCUT2D eigenvalue weighted by Gasteiger charge is -2.16. The number of nitrogens with one attached hydrogen (secondary N) is 1. The SMILES string of the molecule is CC[C@@H](NC(=O)/C=C/c1ccc(F)cc1)c1ccc(C)cc1. The molecular formula is C19H20FNO. The fourth-order valence-electron chi connectivity index (χ4n) is 2.19. The quantitative estimate of drug-likeness (QED) is 0.813. The summed E-state index contributed by atoms with van der Waals surface area (Å²) in [7, 11) is 0. The van der Waals surface area contributed by atoms with Crippen LogP contribution in [0, 0.1) is 12.7 Å². The first-order valence-electron chi connectivity index (χ1n) is 7.39. The molecule has 114 valence electrons. The van der Waals surface area contributed by atoms with Crippen LogP contribution in [-0.4, -0.2) is 5.91 Å². The van der Waals surface area contributed by atoms with Crippen LogP contribution in [0.15, 0.2) is 54.6 Å². The van der Waals surface area contributed by atoms with Crippen LogP contribution in [0.3, 0.4) is 0 Å². The molecule has 0 aliphatic rings. The van der Waals surface area contributed by atoms with Gasteiger partial charge in [-0.2, -0.15) is 0 Å². The molecule has 0 aliphatic carbocycles. The third kappa shape index (κ3) is 4.55. The van der Waals surface area contributed by atoms with Gasteiger partial charge in [-0.3, -0.25) is 4.79 Å². The zero-order valence-corrected chi connectivity index (χ0v) is 12.8. The summed E-state index contributed by atoms with van der Waals surface area (Å²) in [5.41, 5.74) is 3.08. The maximum absolute atomic E-state index is 12.8.